The average molecular weight is 319 g/mol. The Balaban J connectivity index is 1.96. The highest BCUT2D eigenvalue weighted by atomic mass is 32.2. The van der Waals surface area contributed by atoms with Crippen LogP contribution in [0.2, 0.25) is 0 Å². The molecule has 21 heavy (non-hydrogen) atoms. The van der Waals surface area contributed by atoms with Crippen molar-refractivity contribution in [2.75, 3.05) is 33.4 Å². The van der Waals surface area contributed by atoms with E-state index in [4.69, 9.17) is 15.0 Å². The van der Waals surface area contributed by atoms with E-state index >= 15 is 0 Å². The van der Waals surface area contributed by atoms with Crippen LogP contribution < -0.4 is 10.5 Å². The molecule has 0 aliphatic carbocycles. The summed E-state index contributed by atoms with van der Waals surface area (Å²) in [5.41, 5.74) is 5.53. The molecule has 2 heterocycles. The van der Waals surface area contributed by atoms with E-state index in [0.717, 1.165) is 0 Å². The van der Waals surface area contributed by atoms with Crippen molar-refractivity contribution >= 4 is 10.2 Å². The lowest BCUT2D eigenvalue weighted by Crippen LogP contribution is -2.53. The zero-order valence-electron chi connectivity index (χ0n) is 12.2. The normalized spacial score (nSPS) is 19.8. The number of aromatic nitrogens is 2. The van der Waals surface area contributed by atoms with Gasteiger partial charge in [-0.15, -0.1) is 0 Å². The average Bonchev–Trinajstić information content (AvgIpc) is 2.87. The number of aryl methyl sites for hydroxylation is 1. The Morgan fingerprint density at radius 2 is 2.14 bits per heavy atom. The van der Waals surface area contributed by atoms with Crippen LogP contribution in [0.3, 0.4) is 0 Å². The molecule has 1 aromatic rings. The number of nitrogens with zero attached hydrogens (tertiary/aromatic N) is 3. The van der Waals surface area contributed by atoms with Crippen LogP contribution in [0.4, 0.5) is 0 Å². The monoisotopic (exact) mass is 319 g/mol. The fourth-order valence-electron chi connectivity index (χ4n) is 2.21. The van der Waals surface area contributed by atoms with Gasteiger partial charge in [0.2, 0.25) is 5.89 Å². The smallest absolute Gasteiger partial charge is 0.279 e. The molecule has 10 heteroatoms. The van der Waals surface area contributed by atoms with Crippen LogP contribution >= 0.6 is 0 Å². The molecule has 0 saturated carbocycles. The molecule has 1 fully saturated rings. The molecule has 1 aliphatic heterocycles. The largest absolute Gasteiger partial charge is 0.383 e. The van der Waals surface area contributed by atoms with Gasteiger partial charge in [-0.3, -0.25) is 0 Å². The molecule has 2 rings (SSSR count). The number of methoxy groups -OCH3 is 1. The minimum atomic E-state index is -3.50. The van der Waals surface area contributed by atoms with Crippen molar-refractivity contribution < 1.29 is 17.7 Å². The molecular formula is C11H21N5O4S. The van der Waals surface area contributed by atoms with Crippen LogP contribution in [0.15, 0.2) is 4.52 Å². The lowest BCUT2D eigenvalue weighted by molar-refractivity contribution is 0.200. The molecular weight excluding hydrogens is 298 g/mol. The summed E-state index contributed by atoms with van der Waals surface area (Å²) in [7, 11) is -1.98. The van der Waals surface area contributed by atoms with Crippen LogP contribution in [0.25, 0.3) is 0 Å². The summed E-state index contributed by atoms with van der Waals surface area (Å²) in [6, 6.07) is 0. The van der Waals surface area contributed by atoms with Crippen molar-refractivity contribution in [3.05, 3.63) is 11.7 Å². The minimum Gasteiger partial charge on any atom is -0.383 e. The first kappa shape index (κ1) is 16.3. The maximum atomic E-state index is 12.1. The number of nitrogens with two attached hydrogens (primary N) is 1. The maximum absolute atomic E-state index is 12.1. The molecule has 1 saturated heterocycles. The van der Waals surface area contributed by atoms with Gasteiger partial charge in [-0.05, 0) is 12.8 Å². The summed E-state index contributed by atoms with van der Waals surface area (Å²) in [6.07, 6.45) is 0.883. The highest BCUT2D eigenvalue weighted by molar-refractivity contribution is 7.87. The molecule has 1 aliphatic rings. The SMILES string of the molecule is COCCNS(=O)(=O)N1CCC(N)(c2noc(C)n2)CC1. The fourth-order valence-corrected chi connectivity index (χ4v) is 3.40. The van der Waals surface area contributed by atoms with Gasteiger partial charge in [-0.2, -0.15) is 22.4 Å². The number of ether oxygens (including phenoxy) is 1. The summed E-state index contributed by atoms with van der Waals surface area (Å²) < 4.78 is 37.8. The molecule has 9 nitrogen and oxygen atoms in total. The minimum absolute atomic E-state index is 0.243. The highest BCUT2D eigenvalue weighted by Gasteiger charge is 2.39. The van der Waals surface area contributed by atoms with E-state index in [2.05, 4.69) is 14.9 Å². The maximum Gasteiger partial charge on any atom is 0.279 e. The second kappa shape index (κ2) is 6.36. The summed E-state index contributed by atoms with van der Waals surface area (Å²) >= 11 is 0. The fraction of sp³-hybridized carbons (Fsp3) is 0.818. The first-order chi connectivity index (χ1) is 9.87. The van der Waals surface area contributed by atoms with Gasteiger partial charge in [-0.1, -0.05) is 5.16 Å². The molecule has 0 spiro atoms. The van der Waals surface area contributed by atoms with Crippen molar-refractivity contribution in [3.8, 4) is 0 Å². The second-order valence-corrected chi connectivity index (χ2v) is 6.84. The number of rotatable bonds is 6. The zero-order chi connectivity index (χ0) is 15.5. The van der Waals surface area contributed by atoms with Gasteiger partial charge >= 0.3 is 0 Å². The van der Waals surface area contributed by atoms with Crippen molar-refractivity contribution in [3.63, 3.8) is 0 Å². The van der Waals surface area contributed by atoms with E-state index in [-0.39, 0.29) is 6.54 Å². The predicted octanol–water partition coefficient (Wildman–Crippen LogP) is -0.891. The first-order valence-corrected chi connectivity index (χ1v) is 8.15. The molecule has 3 N–H and O–H groups in total. The van der Waals surface area contributed by atoms with Crippen molar-refractivity contribution in [1.29, 1.82) is 0 Å². The van der Waals surface area contributed by atoms with Gasteiger partial charge in [0.05, 0.1) is 12.1 Å². The van der Waals surface area contributed by atoms with Crippen LogP contribution in [0.1, 0.15) is 24.6 Å². The molecule has 0 aromatic carbocycles. The topological polar surface area (TPSA) is 124 Å². The third kappa shape index (κ3) is 3.77. The quantitative estimate of drug-likeness (QED) is 0.652. The lowest BCUT2D eigenvalue weighted by atomic mass is 9.89. The Kier molecular flexibility index (Phi) is 4.94. The van der Waals surface area contributed by atoms with Crippen LogP contribution in [-0.4, -0.2) is 56.2 Å². The molecule has 0 atom stereocenters. The highest BCUT2D eigenvalue weighted by Crippen LogP contribution is 2.29. The van der Waals surface area contributed by atoms with E-state index in [9.17, 15) is 8.42 Å². The van der Waals surface area contributed by atoms with Gasteiger partial charge in [0.1, 0.15) is 0 Å². The van der Waals surface area contributed by atoms with Crippen LogP contribution in [0.5, 0.6) is 0 Å². The number of hydrogen-bond acceptors (Lipinski definition) is 7. The number of piperidine rings is 1. The summed E-state index contributed by atoms with van der Waals surface area (Å²) in [5, 5.41) is 3.85. The summed E-state index contributed by atoms with van der Waals surface area (Å²) in [6.45, 7) is 2.89. The number of hydrogen-bond donors (Lipinski definition) is 2. The van der Waals surface area contributed by atoms with E-state index < -0.39 is 15.7 Å². The Hall–Kier alpha value is -1.07. The molecule has 1 aromatic heterocycles. The first-order valence-electron chi connectivity index (χ1n) is 6.71. The Morgan fingerprint density at radius 1 is 1.48 bits per heavy atom. The second-order valence-electron chi connectivity index (χ2n) is 5.08. The molecule has 0 bridgehead atoms. The van der Waals surface area contributed by atoms with Crippen molar-refractivity contribution in [2.45, 2.75) is 25.3 Å². The van der Waals surface area contributed by atoms with Crippen LogP contribution in [0, 0.1) is 6.92 Å². The summed E-state index contributed by atoms with van der Waals surface area (Å²) in [5.74, 6) is 0.885. The van der Waals surface area contributed by atoms with Crippen LogP contribution in [-0.2, 0) is 20.5 Å². The molecule has 0 unspecified atom stereocenters. The third-order valence-corrected chi connectivity index (χ3v) is 5.13. The Bertz CT molecular complexity index is 565. The van der Waals surface area contributed by atoms with Gasteiger partial charge in [0.25, 0.3) is 10.2 Å². The van der Waals surface area contributed by atoms with Gasteiger partial charge in [-0.25, -0.2) is 0 Å². The van der Waals surface area contributed by atoms with E-state index in [0.29, 0.717) is 44.3 Å². The standard InChI is InChI=1S/C11H21N5O4S/c1-9-14-10(15-20-9)11(12)3-6-16(7-4-11)21(17,18)13-5-8-19-2/h13H,3-8,12H2,1-2H3. The molecule has 0 radical (unpaired) electrons. The zero-order valence-corrected chi connectivity index (χ0v) is 13.0. The molecule has 0 amide bonds. The van der Waals surface area contributed by atoms with Crippen molar-refractivity contribution in [1.82, 2.24) is 19.2 Å². The predicted molar refractivity (Wildman–Crippen MR) is 74.5 cm³/mol. The molecule has 120 valence electrons. The summed E-state index contributed by atoms with van der Waals surface area (Å²) in [4.78, 5) is 4.15. The van der Waals surface area contributed by atoms with Gasteiger partial charge in [0.15, 0.2) is 5.82 Å². The van der Waals surface area contributed by atoms with E-state index in [1.165, 1.54) is 11.4 Å². The third-order valence-electron chi connectivity index (χ3n) is 3.52. The lowest BCUT2D eigenvalue weighted by Gasteiger charge is -2.36. The Morgan fingerprint density at radius 3 is 2.67 bits per heavy atom. The Labute approximate surface area is 124 Å². The number of nitrogens with one attached hydrogen (secondary N) is 1. The van der Waals surface area contributed by atoms with E-state index in [1.807, 2.05) is 0 Å². The van der Waals surface area contributed by atoms with Crippen molar-refractivity contribution in [2.24, 2.45) is 5.73 Å². The van der Waals surface area contributed by atoms with E-state index in [1.54, 1.807) is 6.92 Å². The van der Waals surface area contributed by atoms with Gasteiger partial charge < -0.3 is 15.0 Å². The van der Waals surface area contributed by atoms with Gasteiger partial charge in [0, 0.05) is 33.7 Å².